The predicted octanol–water partition coefficient (Wildman–Crippen LogP) is 1.56. The number of rotatable bonds is 7. The van der Waals surface area contributed by atoms with E-state index in [0.717, 1.165) is 0 Å². The standard InChI is InChI=1S/C21H26N5O7P/c1-21(2,9-34(29,30)31)16-15(32-3)14(27)20(33-16)26-11-24-13-17(22-10-23-18(13)26)25-19(28)12-7-5-4-6-8-12/h4-8,10-11,14-16,20,27H,9H2,1-3H3,(H2,29,30,31)(H,22,23,25,28)/t14-,15+,16+,20-/m1/s1. The Morgan fingerprint density at radius 1 is 1.24 bits per heavy atom. The van der Waals surface area contributed by atoms with Crippen molar-refractivity contribution in [1.29, 1.82) is 0 Å². The van der Waals surface area contributed by atoms with Crippen molar-refractivity contribution in [2.75, 3.05) is 18.6 Å². The third-order valence-corrected chi connectivity index (χ3v) is 7.00. The van der Waals surface area contributed by atoms with Crippen LogP contribution in [-0.2, 0) is 14.0 Å². The minimum atomic E-state index is -4.36. The number of aliphatic hydroxyl groups is 1. The van der Waals surface area contributed by atoms with Gasteiger partial charge in [0.1, 0.15) is 18.5 Å². The van der Waals surface area contributed by atoms with Crippen LogP contribution in [-0.4, -0.2) is 71.9 Å². The summed E-state index contributed by atoms with van der Waals surface area (Å²) in [5.74, 6) is -0.183. The molecular weight excluding hydrogens is 465 g/mol. The zero-order valence-corrected chi connectivity index (χ0v) is 19.7. The van der Waals surface area contributed by atoms with Crippen LogP contribution in [0.4, 0.5) is 5.82 Å². The van der Waals surface area contributed by atoms with Crippen molar-refractivity contribution in [1.82, 2.24) is 19.5 Å². The molecule has 1 aliphatic rings. The molecule has 2 aromatic heterocycles. The van der Waals surface area contributed by atoms with Crippen molar-refractivity contribution >= 4 is 30.5 Å². The number of ether oxygens (including phenoxy) is 2. The third kappa shape index (κ3) is 4.74. The lowest BCUT2D eigenvalue weighted by Crippen LogP contribution is -2.43. The number of aromatic nitrogens is 4. The molecule has 4 atom stereocenters. The molecule has 12 nitrogen and oxygen atoms in total. The molecule has 1 aliphatic heterocycles. The van der Waals surface area contributed by atoms with Crippen molar-refractivity contribution < 1.29 is 33.7 Å². The van der Waals surface area contributed by atoms with Gasteiger partial charge in [0.05, 0.1) is 18.6 Å². The molecule has 0 unspecified atom stereocenters. The molecule has 0 bridgehead atoms. The highest BCUT2D eigenvalue weighted by Crippen LogP contribution is 2.48. The zero-order chi connectivity index (χ0) is 24.7. The lowest BCUT2D eigenvalue weighted by Gasteiger charge is -2.34. The first-order valence-electron chi connectivity index (χ1n) is 10.5. The van der Waals surface area contributed by atoms with Gasteiger partial charge in [-0.15, -0.1) is 0 Å². The Hall–Kier alpha value is -2.73. The summed E-state index contributed by atoms with van der Waals surface area (Å²) in [5.41, 5.74) is 0.0109. The Morgan fingerprint density at radius 3 is 2.59 bits per heavy atom. The van der Waals surface area contributed by atoms with Crippen molar-refractivity contribution in [3.63, 3.8) is 0 Å². The molecular formula is C21H26N5O7P. The van der Waals surface area contributed by atoms with Gasteiger partial charge >= 0.3 is 7.60 Å². The maximum absolute atomic E-state index is 12.6. The summed E-state index contributed by atoms with van der Waals surface area (Å²) in [4.78, 5) is 44.2. The molecule has 4 rings (SSSR count). The maximum Gasteiger partial charge on any atom is 0.326 e. The molecule has 0 saturated carbocycles. The summed E-state index contributed by atoms with van der Waals surface area (Å²) in [6, 6.07) is 8.62. The molecule has 13 heteroatoms. The van der Waals surface area contributed by atoms with E-state index in [1.165, 1.54) is 24.3 Å². The second-order valence-electron chi connectivity index (χ2n) is 8.82. The average molecular weight is 491 g/mol. The normalized spacial score (nSPS) is 23.4. The zero-order valence-electron chi connectivity index (χ0n) is 18.8. The Balaban J connectivity index is 1.64. The van der Waals surface area contributed by atoms with E-state index in [9.17, 15) is 24.3 Å². The molecule has 0 aliphatic carbocycles. The molecule has 0 radical (unpaired) electrons. The quantitative estimate of drug-likeness (QED) is 0.356. The first-order chi connectivity index (χ1) is 16.0. The van der Waals surface area contributed by atoms with Gasteiger partial charge in [0.25, 0.3) is 5.91 Å². The van der Waals surface area contributed by atoms with E-state index in [4.69, 9.17) is 9.47 Å². The number of nitrogens with zero attached hydrogens (tertiary/aromatic N) is 4. The molecule has 3 aromatic rings. The molecule has 1 saturated heterocycles. The number of benzene rings is 1. The fourth-order valence-electron chi connectivity index (χ4n) is 4.29. The smallest absolute Gasteiger partial charge is 0.326 e. The number of methoxy groups -OCH3 is 1. The number of hydrogen-bond donors (Lipinski definition) is 4. The highest BCUT2D eigenvalue weighted by molar-refractivity contribution is 7.51. The van der Waals surface area contributed by atoms with Gasteiger partial charge in [-0.1, -0.05) is 32.0 Å². The van der Waals surface area contributed by atoms with Crippen molar-refractivity contribution in [3.05, 3.63) is 48.5 Å². The molecule has 1 amide bonds. The van der Waals surface area contributed by atoms with Crippen molar-refractivity contribution in [3.8, 4) is 0 Å². The Bertz CT molecular complexity index is 1230. The number of carbonyl (C=O) groups excluding carboxylic acids is 1. The van der Waals surface area contributed by atoms with Crippen LogP contribution in [0.25, 0.3) is 11.2 Å². The predicted molar refractivity (Wildman–Crippen MR) is 121 cm³/mol. The van der Waals surface area contributed by atoms with Gasteiger partial charge in [-0.2, -0.15) is 0 Å². The summed E-state index contributed by atoms with van der Waals surface area (Å²) >= 11 is 0. The molecule has 182 valence electrons. The SMILES string of the molecule is CO[C@H]1[C@@H](O)[C@H](n2cnc3c(NC(=O)c4ccccc4)ncnc32)O[C@@H]1C(C)(C)CP(=O)(O)O. The molecule has 3 heterocycles. The minimum Gasteiger partial charge on any atom is -0.386 e. The second-order valence-corrected chi connectivity index (χ2v) is 10.5. The molecule has 4 N–H and O–H groups in total. The van der Waals surface area contributed by atoms with Crippen LogP contribution in [0.1, 0.15) is 30.4 Å². The number of carbonyl (C=O) groups is 1. The van der Waals surface area contributed by atoms with Gasteiger partial charge in [-0.05, 0) is 12.1 Å². The Kier molecular flexibility index (Phi) is 6.56. The summed E-state index contributed by atoms with van der Waals surface area (Å²) in [6.07, 6.45) is -1.66. The fourth-order valence-corrected chi connectivity index (χ4v) is 5.53. The van der Waals surface area contributed by atoms with Crippen LogP contribution in [0.5, 0.6) is 0 Å². The summed E-state index contributed by atoms with van der Waals surface area (Å²) < 4.78 is 24.7. The summed E-state index contributed by atoms with van der Waals surface area (Å²) in [6.45, 7) is 3.28. The number of imidazole rings is 1. The largest absolute Gasteiger partial charge is 0.386 e. The fraction of sp³-hybridized carbons (Fsp3) is 0.429. The van der Waals surface area contributed by atoms with Crippen LogP contribution in [0.2, 0.25) is 0 Å². The maximum atomic E-state index is 12.6. The van der Waals surface area contributed by atoms with E-state index in [-0.39, 0.29) is 17.2 Å². The third-order valence-electron chi connectivity index (χ3n) is 5.77. The number of nitrogens with one attached hydrogen (secondary N) is 1. The molecule has 1 aromatic carbocycles. The molecule has 1 fully saturated rings. The van der Waals surface area contributed by atoms with Gasteiger partial charge in [0, 0.05) is 18.1 Å². The number of amides is 1. The monoisotopic (exact) mass is 491 g/mol. The highest BCUT2D eigenvalue weighted by Gasteiger charge is 2.53. The average Bonchev–Trinajstić information content (AvgIpc) is 3.34. The molecule has 34 heavy (non-hydrogen) atoms. The Morgan fingerprint density at radius 2 is 1.94 bits per heavy atom. The molecule has 0 spiro atoms. The van der Waals surface area contributed by atoms with E-state index in [0.29, 0.717) is 11.2 Å². The van der Waals surface area contributed by atoms with E-state index >= 15 is 0 Å². The van der Waals surface area contributed by atoms with E-state index in [2.05, 4.69) is 20.3 Å². The van der Waals surface area contributed by atoms with Crippen molar-refractivity contribution in [2.24, 2.45) is 5.41 Å². The van der Waals surface area contributed by atoms with Crippen molar-refractivity contribution in [2.45, 2.75) is 38.4 Å². The Labute approximate surface area is 195 Å². The summed E-state index contributed by atoms with van der Waals surface area (Å²) in [7, 11) is -2.96. The van der Waals surface area contributed by atoms with Gasteiger partial charge in [-0.3, -0.25) is 13.9 Å². The summed E-state index contributed by atoms with van der Waals surface area (Å²) in [5, 5.41) is 13.7. The van der Waals surface area contributed by atoms with Crippen LogP contribution < -0.4 is 5.32 Å². The topological polar surface area (TPSA) is 169 Å². The first-order valence-corrected chi connectivity index (χ1v) is 12.3. The van der Waals surface area contributed by atoms with Crippen LogP contribution >= 0.6 is 7.60 Å². The minimum absolute atomic E-state index is 0.187. The van der Waals surface area contributed by atoms with Crippen LogP contribution in [0.3, 0.4) is 0 Å². The van der Waals surface area contributed by atoms with Gasteiger partial charge in [0.2, 0.25) is 0 Å². The number of aliphatic hydroxyl groups excluding tert-OH is 1. The van der Waals surface area contributed by atoms with Gasteiger partial charge in [0.15, 0.2) is 23.2 Å². The van der Waals surface area contributed by atoms with E-state index < -0.39 is 43.7 Å². The van der Waals surface area contributed by atoms with Crippen LogP contribution in [0, 0.1) is 5.41 Å². The van der Waals surface area contributed by atoms with Gasteiger partial charge < -0.3 is 29.7 Å². The van der Waals surface area contributed by atoms with E-state index in [1.807, 2.05) is 0 Å². The lowest BCUT2D eigenvalue weighted by molar-refractivity contribution is -0.0792. The number of fused-ring (bicyclic) bond motifs is 1. The first kappa shape index (κ1) is 24.4. The second kappa shape index (κ2) is 9.14. The number of anilines is 1. The van der Waals surface area contributed by atoms with Crippen LogP contribution in [0.15, 0.2) is 43.0 Å². The lowest BCUT2D eigenvalue weighted by atomic mass is 9.85. The van der Waals surface area contributed by atoms with Gasteiger partial charge in [-0.25, -0.2) is 15.0 Å². The van der Waals surface area contributed by atoms with E-state index in [1.54, 1.807) is 44.2 Å². The highest BCUT2D eigenvalue weighted by atomic mass is 31.2. The number of hydrogen-bond acceptors (Lipinski definition) is 8.